The number of primary amides is 1. The molecule has 0 aromatic carbocycles. The third-order valence-electron chi connectivity index (χ3n) is 2.72. The summed E-state index contributed by atoms with van der Waals surface area (Å²) in [5, 5.41) is 0. The van der Waals surface area contributed by atoms with Gasteiger partial charge in [0.2, 0.25) is 5.91 Å². The van der Waals surface area contributed by atoms with Gasteiger partial charge in [-0.25, -0.2) is 0 Å². The van der Waals surface area contributed by atoms with Crippen LogP contribution in [0.2, 0.25) is 0 Å². The largest absolute Gasteiger partial charge is 0.369 e. The molecule has 0 unspecified atom stereocenters. The molecular formula is C12H27N3O. The van der Waals surface area contributed by atoms with Crippen molar-refractivity contribution in [3.05, 3.63) is 0 Å². The second-order valence-corrected chi connectivity index (χ2v) is 4.99. The van der Waals surface area contributed by atoms with Gasteiger partial charge in [-0.15, -0.1) is 0 Å². The molecule has 1 amide bonds. The Kier molecular flexibility index (Phi) is 8.21. The predicted octanol–water partition coefficient (Wildman–Crippen LogP) is 0.772. The lowest BCUT2D eigenvalue weighted by Crippen LogP contribution is -2.25. The maximum Gasteiger partial charge on any atom is 0.220 e. The smallest absolute Gasteiger partial charge is 0.220 e. The maximum atomic E-state index is 11.2. The van der Waals surface area contributed by atoms with Crippen LogP contribution in [0, 0.1) is 5.92 Å². The molecule has 0 aliphatic heterocycles. The normalized spacial score (nSPS) is 11.7. The van der Waals surface area contributed by atoms with Crippen LogP contribution in [0.1, 0.15) is 25.7 Å². The molecule has 0 heterocycles. The molecule has 0 saturated heterocycles. The van der Waals surface area contributed by atoms with Gasteiger partial charge in [-0.1, -0.05) is 0 Å². The molecule has 4 nitrogen and oxygen atoms in total. The van der Waals surface area contributed by atoms with Gasteiger partial charge in [-0.2, -0.15) is 0 Å². The van der Waals surface area contributed by atoms with Crippen molar-refractivity contribution in [2.75, 3.05) is 41.3 Å². The van der Waals surface area contributed by atoms with Crippen molar-refractivity contribution in [3.63, 3.8) is 0 Å². The topological polar surface area (TPSA) is 49.6 Å². The molecule has 0 radical (unpaired) electrons. The van der Waals surface area contributed by atoms with Crippen molar-refractivity contribution in [3.8, 4) is 0 Å². The Labute approximate surface area is 99.8 Å². The first-order valence-electron chi connectivity index (χ1n) is 6.02. The zero-order valence-corrected chi connectivity index (χ0v) is 11.2. The average Bonchev–Trinajstić information content (AvgIpc) is 2.14. The van der Waals surface area contributed by atoms with Gasteiger partial charge in [0.05, 0.1) is 0 Å². The number of amides is 1. The number of hydrogen-bond donors (Lipinski definition) is 1. The van der Waals surface area contributed by atoms with Crippen LogP contribution in [0.15, 0.2) is 0 Å². The van der Waals surface area contributed by atoms with E-state index in [1.54, 1.807) is 0 Å². The molecule has 0 rings (SSSR count). The molecule has 96 valence electrons. The third kappa shape index (κ3) is 8.68. The minimum absolute atomic E-state index is 0.0555. The van der Waals surface area contributed by atoms with Gasteiger partial charge in [0.1, 0.15) is 0 Å². The Bertz CT molecular complexity index is 179. The van der Waals surface area contributed by atoms with Crippen LogP contribution in [0.5, 0.6) is 0 Å². The predicted molar refractivity (Wildman–Crippen MR) is 68.3 cm³/mol. The van der Waals surface area contributed by atoms with Crippen LogP contribution in [-0.2, 0) is 4.79 Å². The van der Waals surface area contributed by atoms with Crippen molar-refractivity contribution in [1.82, 2.24) is 9.80 Å². The van der Waals surface area contributed by atoms with E-state index in [9.17, 15) is 4.79 Å². The summed E-state index contributed by atoms with van der Waals surface area (Å²) in [6.45, 7) is 2.05. The first kappa shape index (κ1) is 15.4. The van der Waals surface area contributed by atoms with E-state index in [-0.39, 0.29) is 11.8 Å². The summed E-state index contributed by atoms with van der Waals surface area (Å²) < 4.78 is 0. The van der Waals surface area contributed by atoms with Gasteiger partial charge >= 0.3 is 0 Å². The second kappa shape index (κ2) is 8.53. The Morgan fingerprint density at radius 1 is 1.00 bits per heavy atom. The van der Waals surface area contributed by atoms with Crippen molar-refractivity contribution in [2.45, 2.75) is 25.7 Å². The summed E-state index contributed by atoms with van der Waals surface area (Å²) in [6, 6.07) is 0. The van der Waals surface area contributed by atoms with Crippen molar-refractivity contribution < 1.29 is 4.79 Å². The molecule has 0 bridgehead atoms. The summed E-state index contributed by atoms with van der Waals surface area (Å²) in [4.78, 5) is 15.5. The number of hydrogen-bond acceptors (Lipinski definition) is 3. The number of nitrogens with zero attached hydrogens (tertiary/aromatic N) is 2. The molecule has 16 heavy (non-hydrogen) atoms. The first-order valence-corrected chi connectivity index (χ1v) is 6.02. The summed E-state index contributed by atoms with van der Waals surface area (Å²) in [7, 11) is 8.19. The quantitative estimate of drug-likeness (QED) is 0.635. The Morgan fingerprint density at radius 3 is 1.62 bits per heavy atom. The van der Waals surface area contributed by atoms with Crippen LogP contribution in [-0.4, -0.2) is 57.0 Å². The van der Waals surface area contributed by atoms with E-state index in [1.807, 2.05) is 28.2 Å². The van der Waals surface area contributed by atoms with E-state index in [0.717, 1.165) is 38.8 Å². The number of carbonyl (C=O) groups excluding carboxylic acids is 1. The Morgan fingerprint density at radius 2 is 1.38 bits per heavy atom. The summed E-state index contributed by atoms with van der Waals surface area (Å²) in [6.07, 6.45) is 3.92. The molecule has 0 aromatic heterocycles. The molecule has 0 saturated carbocycles. The van der Waals surface area contributed by atoms with Crippen LogP contribution >= 0.6 is 0 Å². The highest BCUT2D eigenvalue weighted by Gasteiger charge is 2.14. The molecule has 0 spiro atoms. The van der Waals surface area contributed by atoms with Gasteiger partial charge < -0.3 is 15.5 Å². The molecule has 0 atom stereocenters. The lowest BCUT2D eigenvalue weighted by Gasteiger charge is -2.16. The van der Waals surface area contributed by atoms with Gasteiger partial charge in [-0.05, 0) is 67.0 Å². The highest BCUT2D eigenvalue weighted by molar-refractivity contribution is 5.76. The van der Waals surface area contributed by atoms with Gasteiger partial charge in [0.15, 0.2) is 0 Å². The highest BCUT2D eigenvalue weighted by atomic mass is 16.1. The van der Waals surface area contributed by atoms with Crippen molar-refractivity contribution in [1.29, 1.82) is 0 Å². The van der Waals surface area contributed by atoms with Crippen LogP contribution in [0.4, 0.5) is 0 Å². The molecule has 0 aromatic rings. The van der Waals surface area contributed by atoms with E-state index in [0.29, 0.717) is 0 Å². The van der Waals surface area contributed by atoms with E-state index < -0.39 is 0 Å². The summed E-state index contributed by atoms with van der Waals surface area (Å²) in [5.74, 6) is -0.0857. The number of rotatable bonds is 9. The average molecular weight is 229 g/mol. The van der Waals surface area contributed by atoms with Gasteiger partial charge in [0, 0.05) is 5.92 Å². The third-order valence-corrected chi connectivity index (χ3v) is 2.72. The van der Waals surface area contributed by atoms with Crippen molar-refractivity contribution in [2.24, 2.45) is 11.7 Å². The molecule has 0 aliphatic carbocycles. The van der Waals surface area contributed by atoms with E-state index in [4.69, 9.17) is 5.73 Å². The standard InChI is InChI=1S/C12H27N3O/c1-14(2)9-5-7-11(12(13)16)8-6-10-15(3)4/h11H,5-10H2,1-4H3,(H2,13,16). The lowest BCUT2D eigenvalue weighted by molar-refractivity contribution is -0.122. The van der Waals surface area contributed by atoms with Crippen LogP contribution in [0.3, 0.4) is 0 Å². The molecule has 4 heteroatoms. The van der Waals surface area contributed by atoms with E-state index >= 15 is 0 Å². The monoisotopic (exact) mass is 229 g/mol. The Balaban J connectivity index is 3.76. The highest BCUT2D eigenvalue weighted by Crippen LogP contribution is 2.13. The Hall–Kier alpha value is -0.610. The van der Waals surface area contributed by atoms with Gasteiger partial charge in [0.25, 0.3) is 0 Å². The molecule has 2 N–H and O–H groups in total. The summed E-state index contributed by atoms with van der Waals surface area (Å²) in [5.41, 5.74) is 5.40. The van der Waals surface area contributed by atoms with Gasteiger partial charge in [-0.3, -0.25) is 4.79 Å². The number of nitrogens with two attached hydrogens (primary N) is 1. The number of carbonyl (C=O) groups is 1. The first-order chi connectivity index (χ1) is 7.43. The second-order valence-electron chi connectivity index (χ2n) is 4.99. The lowest BCUT2D eigenvalue weighted by atomic mass is 9.96. The van der Waals surface area contributed by atoms with Crippen LogP contribution < -0.4 is 5.73 Å². The van der Waals surface area contributed by atoms with E-state index in [2.05, 4.69) is 9.80 Å². The fourth-order valence-electron chi connectivity index (χ4n) is 1.74. The zero-order valence-electron chi connectivity index (χ0n) is 11.2. The summed E-state index contributed by atoms with van der Waals surface area (Å²) >= 11 is 0. The molecule has 0 aliphatic rings. The minimum atomic E-state index is -0.141. The zero-order chi connectivity index (χ0) is 12.6. The maximum absolute atomic E-state index is 11.2. The minimum Gasteiger partial charge on any atom is -0.369 e. The SMILES string of the molecule is CN(C)CCCC(CCCN(C)C)C(N)=O. The van der Waals surface area contributed by atoms with Crippen molar-refractivity contribution >= 4 is 5.91 Å². The van der Waals surface area contributed by atoms with E-state index in [1.165, 1.54) is 0 Å². The fourth-order valence-corrected chi connectivity index (χ4v) is 1.74. The molecular weight excluding hydrogens is 202 g/mol. The molecule has 0 fully saturated rings. The fraction of sp³-hybridized carbons (Fsp3) is 0.917. The van der Waals surface area contributed by atoms with Crippen LogP contribution in [0.25, 0.3) is 0 Å².